The van der Waals surface area contributed by atoms with Gasteiger partial charge in [0.25, 0.3) is 5.91 Å². The lowest BCUT2D eigenvalue weighted by atomic mass is 10.1. The van der Waals surface area contributed by atoms with E-state index in [2.05, 4.69) is 5.32 Å². The molecule has 1 amide bonds. The van der Waals surface area contributed by atoms with Crippen LogP contribution < -0.4 is 5.32 Å². The minimum atomic E-state index is -0.909. The van der Waals surface area contributed by atoms with Crippen LogP contribution in [0, 0.1) is 23.0 Å². The second-order valence-electron chi connectivity index (χ2n) is 4.09. The Balaban J connectivity index is 2.11. The fraction of sp³-hybridized carbons (Fsp3) is 0.0667. The van der Waals surface area contributed by atoms with Crippen molar-refractivity contribution in [2.45, 2.75) is 6.54 Å². The smallest absolute Gasteiger partial charge is 0.257 e. The Morgan fingerprint density at radius 2 is 1.80 bits per heavy atom. The van der Waals surface area contributed by atoms with Crippen LogP contribution in [0.1, 0.15) is 21.5 Å². The van der Waals surface area contributed by atoms with E-state index >= 15 is 0 Å². The largest absolute Gasteiger partial charge is 0.348 e. The molecule has 100 valence electrons. The molecule has 0 aliphatic carbocycles. The highest BCUT2D eigenvalue weighted by molar-refractivity contribution is 5.94. The molecular weight excluding hydrogens is 262 g/mol. The van der Waals surface area contributed by atoms with Crippen LogP contribution >= 0.6 is 0 Å². The second kappa shape index (κ2) is 5.93. The van der Waals surface area contributed by atoms with Crippen LogP contribution in [0.3, 0.4) is 0 Å². The molecule has 3 nitrogen and oxygen atoms in total. The van der Waals surface area contributed by atoms with E-state index in [0.29, 0.717) is 11.1 Å². The minimum absolute atomic E-state index is 0.0854. The zero-order chi connectivity index (χ0) is 14.5. The summed E-state index contributed by atoms with van der Waals surface area (Å²) in [6.07, 6.45) is 0. The van der Waals surface area contributed by atoms with E-state index in [-0.39, 0.29) is 6.54 Å². The van der Waals surface area contributed by atoms with Gasteiger partial charge >= 0.3 is 0 Å². The van der Waals surface area contributed by atoms with Gasteiger partial charge in [-0.3, -0.25) is 4.79 Å². The highest BCUT2D eigenvalue weighted by Crippen LogP contribution is 2.12. The van der Waals surface area contributed by atoms with E-state index in [1.54, 1.807) is 24.3 Å². The molecule has 2 aromatic carbocycles. The Labute approximate surface area is 114 Å². The summed E-state index contributed by atoms with van der Waals surface area (Å²) < 4.78 is 26.8. The van der Waals surface area contributed by atoms with Crippen molar-refractivity contribution < 1.29 is 13.6 Å². The lowest BCUT2D eigenvalue weighted by Gasteiger charge is -2.07. The normalized spacial score (nSPS) is 9.85. The molecule has 0 aliphatic rings. The molecule has 0 bridgehead atoms. The van der Waals surface area contributed by atoms with Crippen molar-refractivity contribution in [3.63, 3.8) is 0 Å². The summed E-state index contributed by atoms with van der Waals surface area (Å²) in [6, 6.07) is 11.8. The topological polar surface area (TPSA) is 52.9 Å². The van der Waals surface area contributed by atoms with Crippen molar-refractivity contribution in [2.24, 2.45) is 0 Å². The zero-order valence-electron chi connectivity index (χ0n) is 10.4. The monoisotopic (exact) mass is 272 g/mol. The van der Waals surface area contributed by atoms with Crippen molar-refractivity contribution >= 4 is 5.91 Å². The molecule has 0 radical (unpaired) electrons. The highest BCUT2D eigenvalue weighted by atomic mass is 19.1. The number of nitriles is 1. The molecule has 2 rings (SSSR count). The SMILES string of the molecule is N#Cc1cccc(CNC(=O)c2c(F)cccc2F)c1. The second-order valence-corrected chi connectivity index (χ2v) is 4.09. The van der Waals surface area contributed by atoms with Gasteiger partial charge in [-0.1, -0.05) is 18.2 Å². The molecule has 2 aromatic rings. The van der Waals surface area contributed by atoms with Gasteiger partial charge in [-0.15, -0.1) is 0 Å². The lowest BCUT2D eigenvalue weighted by Crippen LogP contribution is -2.25. The van der Waals surface area contributed by atoms with E-state index in [4.69, 9.17) is 5.26 Å². The Morgan fingerprint density at radius 1 is 1.15 bits per heavy atom. The molecule has 0 saturated heterocycles. The number of nitrogens with one attached hydrogen (secondary N) is 1. The van der Waals surface area contributed by atoms with Gasteiger partial charge in [0.05, 0.1) is 11.6 Å². The van der Waals surface area contributed by atoms with Gasteiger partial charge in [0.2, 0.25) is 0 Å². The summed E-state index contributed by atoms with van der Waals surface area (Å²) >= 11 is 0. The van der Waals surface area contributed by atoms with Gasteiger partial charge in [0, 0.05) is 6.54 Å². The molecule has 0 spiro atoms. The van der Waals surface area contributed by atoms with Crippen molar-refractivity contribution in [1.29, 1.82) is 5.26 Å². The fourth-order valence-electron chi connectivity index (χ4n) is 1.74. The Hall–Kier alpha value is -2.74. The van der Waals surface area contributed by atoms with Gasteiger partial charge in [-0.2, -0.15) is 5.26 Å². The van der Waals surface area contributed by atoms with Crippen molar-refractivity contribution in [1.82, 2.24) is 5.32 Å². The summed E-state index contributed by atoms with van der Waals surface area (Å²) in [5, 5.41) is 11.2. The molecule has 0 atom stereocenters. The summed E-state index contributed by atoms with van der Waals surface area (Å²) in [5.74, 6) is -2.65. The van der Waals surface area contributed by atoms with E-state index < -0.39 is 23.1 Å². The Bertz CT molecular complexity index is 672. The van der Waals surface area contributed by atoms with E-state index in [1.165, 1.54) is 6.07 Å². The molecule has 0 heterocycles. The lowest BCUT2D eigenvalue weighted by molar-refractivity contribution is 0.0942. The van der Waals surface area contributed by atoms with Crippen LogP contribution in [0.25, 0.3) is 0 Å². The molecule has 5 heteroatoms. The van der Waals surface area contributed by atoms with E-state index in [0.717, 1.165) is 12.1 Å². The maximum Gasteiger partial charge on any atom is 0.257 e. The van der Waals surface area contributed by atoms with Crippen molar-refractivity contribution in [3.05, 3.63) is 70.8 Å². The number of nitrogens with zero attached hydrogens (tertiary/aromatic N) is 1. The molecule has 20 heavy (non-hydrogen) atoms. The minimum Gasteiger partial charge on any atom is -0.348 e. The standard InChI is InChI=1S/C15H10F2N2O/c16-12-5-2-6-13(17)14(12)15(20)19-9-11-4-1-3-10(7-11)8-18/h1-7H,9H2,(H,19,20). The summed E-state index contributed by atoms with van der Waals surface area (Å²) in [4.78, 5) is 11.8. The van der Waals surface area contributed by atoms with Crippen LogP contribution in [0.15, 0.2) is 42.5 Å². The van der Waals surface area contributed by atoms with Gasteiger partial charge in [-0.25, -0.2) is 8.78 Å². The summed E-state index contributed by atoms with van der Waals surface area (Å²) in [5.41, 5.74) is 0.520. The number of amides is 1. The number of benzene rings is 2. The van der Waals surface area contributed by atoms with Crippen LogP contribution in [0.4, 0.5) is 8.78 Å². The number of carbonyl (C=O) groups excluding carboxylic acids is 1. The van der Waals surface area contributed by atoms with Gasteiger partial charge in [0.1, 0.15) is 17.2 Å². The molecule has 1 N–H and O–H groups in total. The predicted octanol–water partition coefficient (Wildman–Crippen LogP) is 2.77. The van der Waals surface area contributed by atoms with Crippen molar-refractivity contribution in [2.75, 3.05) is 0 Å². The molecule has 0 saturated carbocycles. The summed E-state index contributed by atoms with van der Waals surface area (Å²) in [6.45, 7) is 0.0854. The Kier molecular flexibility index (Phi) is 4.06. The number of hydrogen-bond acceptors (Lipinski definition) is 2. The summed E-state index contributed by atoms with van der Waals surface area (Å²) in [7, 11) is 0. The molecule has 0 aromatic heterocycles. The molecule has 0 unspecified atom stereocenters. The van der Waals surface area contributed by atoms with Crippen LogP contribution in [0.2, 0.25) is 0 Å². The van der Waals surface area contributed by atoms with Gasteiger partial charge < -0.3 is 5.32 Å². The van der Waals surface area contributed by atoms with Crippen LogP contribution in [0.5, 0.6) is 0 Å². The number of hydrogen-bond donors (Lipinski definition) is 1. The van der Waals surface area contributed by atoms with Crippen molar-refractivity contribution in [3.8, 4) is 6.07 Å². The maximum absolute atomic E-state index is 13.4. The zero-order valence-corrected chi connectivity index (χ0v) is 10.4. The first-order chi connectivity index (χ1) is 9.61. The molecule has 0 fully saturated rings. The van der Waals surface area contributed by atoms with Gasteiger partial charge in [-0.05, 0) is 29.8 Å². The van der Waals surface area contributed by atoms with E-state index in [1.807, 2.05) is 6.07 Å². The number of carbonyl (C=O) groups is 1. The first-order valence-electron chi connectivity index (χ1n) is 5.83. The highest BCUT2D eigenvalue weighted by Gasteiger charge is 2.16. The molecular formula is C15H10F2N2O. The third-order valence-corrected chi connectivity index (χ3v) is 2.70. The van der Waals surface area contributed by atoms with Crippen LogP contribution in [-0.4, -0.2) is 5.91 Å². The van der Waals surface area contributed by atoms with E-state index in [9.17, 15) is 13.6 Å². The predicted molar refractivity (Wildman–Crippen MR) is 68.7 cm³/mol. The fourth-order valence-corrected chi connectivity index (χ4v) is 1.74. The number of rotatable bonds is 3. The maximum atomic E-state index is 13.4. The third kappa shape index (κ3) is 2.98. The molecule has 0 aliphatic heterocycles. The average molecular weight is 272 g/mol. The first kappa shape index (κ1) is 13.7. The first-order valence-corrected chi connectivity index (χ1v) is 5.83. The third-order valence-electron chi connectivity index (χ3n) is 2.70. The number of halogens is 2. The average Bonchev–Trinajstić information content (AvgIpc) is 2.45. The Morgan fingerprint density at radius 3 is 2.45 bits per heavy atom. The van der Waals surface area contributed by atoms with Gasteiger partial charge in [0.15, 0.2) is 0 Å². The van der Waals surface area contributed by atoms with Crippen LogP contribution in [-0.2, 0) is 6.54 Å². The quantitative estimate of drug-likeness (QED) is 0.934.